The number of hydrogen-bond donors (Lipinski definition) is 1. The van der Waals surface area contributed by atoms with Gasteiger partial charge in [0.1, 0.15) is 0 Å². The van der Waals surface area contributed by atoms with Gasteiger partial charge in [0.2, 0.25) is 0 Å². The number of amides is 1. The van der Waals surface area contributed by atoms with Gasteiger partial charge < -0.3 is 5.32 Å². The molecule has 6 heteroatoms. The molecule has 1 aliphatic carbocycles. The van der Waals surface area contributed by atoms with Crippen molar-refractivity contribution in [2.75, 3.05) is 0 Å². The molecule has 80 valence electrons. The lowest BCUT2D eigenvalue weighted by Crippen LogP contribution is -2.43. The predicted molar refractivity (Wildman–Crippen MR) is 48.8 cm³/mol. The Bertz CT molecular complexity index is 262. The van der Waals surface area contributed by atoms with Crippen molar-refractivity contribution in [1.29, 1.82) is 0 Å². The van der Waals surface area contributed by atoms with E-state index >= 15 is 0 Å². The number of carbonyl (C=O) groups is 1. The number of alkyl halides is 3. The summed E-state index contributed by atoms with van der Waals surface area (Å²) < 4.78 is 36.5. The summed E-state index contributed by atoms with van der Waals surface area (Å²) in [6.07, 6.45) is -1.34. The zero-order chi connectivity index (χ0) is 10.8. The molecule has 0 heterocycles. The maximum absolute atomic E-state index is 11.8. The van der Waals surface area contributed by atoms with E-state index in [0.29, 0.717) is 19.3 Å². The highest BCUT2D eigenvalue weighted by molar-refractivity contribution is 9.11. The van der Waals surface area contributed by atoms with Gasteiger partial charge in [0, 0.05) is 6.04 Å². The van der Waals surface area contributed by atoms with E-state index in [1.54, 1.807) is 6.08 Å². The average molecular weight is 272 g/mol. The number of hydrogen-bond acceptors (Lipinski definition) is 1. The number of carbonyl (C=O) groups excluding carboxylic acids is 1. The number of allylic oxidation sites excluding steroid dienone is 1. The molecule has 0 saturated carbocycles. The molecule has 1 aliphatic rings. The third-order valence-electron chi connectivity index (χ3n) is 1.95. The summed E-state index contributed by atoms with van der Waals surface area (Å²) in [4.78, 5) is 10.5. The van der Waals surface area contributed by atoms with E-state index < -0.39 is 18.1 Å². The second-order valence-electron chi connectivity index (χ2n) is 3.09. The van der Waals surface area contributed by atoms with Crippen LogP contribution >= 0.6 is 15.9 Å². The zero-order valence-corrected chi connectivity index (χ0v) is 8.78. The largest absolute Gasteiger partial charge is 0.471 e. The third-order valence-corrected chi connectivity index (χ3v) is 2.67. The summed E-state index contributed by atoms with van der Waals surface area (Å²) in [5.41, 5.74) is 0. The van der Waals surface area contributed by atoms with Crippen LogP contribution in [0.1, 0.15) is 19.3 Å². The Morgan fingerprint density at radius 3 is 2.64 bits per heavy atom. The first-order valence-electron chi connectivity index (χ1n) is 4.12. The molecule has 1 rings (SSSR count). The lowest BCUT2D eigenvalue weighted by atomic mass is 10.0. The normalized spacial score (nSPS) is 22.9. The Labute approximate surface area is 87.7 Å². The topological polar surface area (TPSA) is 29.1 Å². The van der Waals surface area contributed by atoms with Gasteiger partial charge in [0.15, 0.2) is 0 Å². The molecule has 1 atom stereocenters. The highest BCUT2D eigenvalue weighted by Crippen LogP contribution is 2.23. The van der Waals surface area contributed by atoms with Crippen molar-refractivity contribution in [2.24, 2.45) is 0 Å². The first kappa shape index (κ1) is 11.6. The summed E-state index contributed by atoms with van der Waals surface area (Å²) >= 11 is 3.25. The SMILES string of the molecule is O=C(NC1CC=C(Br)CC1)C(F)(F)F. The number of rotatable bonds is 1. The van der Waals surface area contributed by atoms with Crippen molar-refractivity contribution < 1.29 is 18.0 Å². The van der Waals surface area contributed by atoms with Gasteiger partial charge >= 0.3 is 12.1 Å². The Hall–Kier alpha value is -0.520. The second kappa shape index (κ2) is 4.33. The lowest BCUT2D eigenvalue weighted by Gasteiger charge is -2.21. The molecule has 0 aromatic heterocycles. The van der Waals surface area contributed by atoms with E-state index in [-0.39, 0.29) is 0 Å². The van der Waals surface area contributed by atoms with Crippen LogP contribution in [0.5, 0.6) is 0 Å². The highest BCUT2D eigenvalue weighted by Gasteiger charge is 2.39. The van der Waals surface area contributed by atoms with E-state index in [2.05, 4.69) is 15.9 Å². The van der Waals surface area contributed by atoms with E-state index in [4.69, 9.17) is 0 Å². The number of nitrogens with one attached hydrogen (secondary N) is 1. The molecule has 1 amide bonds. The zero-order valence-electron chi connectivity index (χ0n) is 7.20. The third kappa shape index (κ3) is 3.32. The maximum Gasteiger partial charge on any atom is 0.471 e. The molecule has 0 bridgehead atoms. The van der Waals surface area contributed by atoms with Crippen LogP contribution in [0.2, 0.25) is 0 Å². The Kier molecular flexibility index (Phi) is 3.58. The Balaban J connectivity index is 2.43. The molecule has 0 spiro atoms. The summed E-state index contributed by atoms with van der Waals surface area (Å²) in [7, 11) is 0. The van der Waals surface area contributed by atoms with Crippen LogP contribution in [0.15, 0.2) is 10.6 Å². The fourth-order valence-corrected chi connectivity index (χ4v) is 1.62. The monoisotopic (exact) mass is 271 g/mol. The van der Waals surface area contributed by atoms with Crippen molar-refractivity contribution in [2.45, 2.75) is 31.5 Å². The maximum atomic E-state index is 11.8. The standard InChI is InChI=1S/C8H9BrF3NO/c9-5-1-3-6(4-2-5)13-7(14)8(10,11)12/h1,6H,2-4H2,(H,13,14). The summed E-state index contributed by atoms with van der Waals surface area (Å²) in [6.45, 7) is 0. The van der Waals surface area contributed by atoms with Crippen LogP contribution < -0.4 is 5.32 Å². The molecule has 1 N–H and O–H groups in total. The van der Waals surface area contributed by atoms with E-state index in [0.717, 1.165) is 4.48 Å². The van der Waals surface area contributed by atoms with Gasteiger partial charge in [-0.3, -0.25) is 4.79 Å². The van der Waals surface area contributed by atoms with Crippen LogP contribution in [0.4, 0.5) is 13.2 Å². The minimum absolute atomic E-state index is 0.398. The fourth-order valence-electron chi connectivity index (χ4n) is 1.20. The second-order valence-corrected chi connectivity index (χ2v) is 4.11. The molecule has 14 heavy (non-hydrogen) atoms. The van der Waals surface area contributed by atoms with Gasteiger partial charge in [-0.1, -0.05) is 22.0 Å². The van der Waals surface area contributed by atoms with E-state index in [1.165, 1.54) is 0 Å². The van der Waals surface area contributed by atoms with E-state index in [9.17, 15) is 18.0 Å². The van der Waals surface area contributed by atoms with Gasteiger partial charge in [-0.15, -0.1) is 0 Å². The molecule has 0 aromatic rings. The summed E-state index contributed by atoms with van der Waals surface area (Å²) in [5.74, 6) is -1.85. The minimum Gasteiger partial charge on any atom is -0.345 e. The highest BCUT2D eigenvalue weighted by atomic mass is 79.9. The quantitative estimate of drug-likeness (QED) is 0.780. The summed E-state index contributed by atoms with van der Waals surface area (Å²) in [5, 5.41) is 1.95. The molecule has 0 aromatic carbocycles. The van der Waals surface area contributed by atoms with Gasteiger partial charge in [-0.25, -0.2) is 0 Å². The minimum atomic E-state index is -4.78. The smallest absolute Gasteiger partial charge is 0.345 e. The molecule has 1 unspecified atom stereocenters. The lowest BCUT2D eigenvalue weighted by molar-refractivity contribution is -0.174. The van der Waals surface area contributed by atoms with Gasteiger partial charge in [-0.2, -0.15) is 13.2 Å². The van der Waals surface area contributed by atoms with Crippen LogP contribution in [-0.4, -0.2) is 18.1 Å². The molecule has 0 aliphatic heterocycles. The van der Waals surface area contributed by atoms with Crippen molar-refractivity contribution in [1.82, 2.24) is 5.32 Å². The van der Waals surface area contributed by atoms with Crippen molar-refractivity contribution in [3.63, 3.8) is 0 Å². The fraction of sp³-hybridized carbons (Fsp3) is 0.625. The Morgan fingerprint density at radius 1 is 1.57 bits per heavy atom. The molecule has 0 radical (unpaired) electrons. The van der Waals surface area contributed by atoms with Crippen molar-refractivity contribution in [3.05, 3.63) is 10.6 Å². The average Bonchev–Trinajstić information content (AvgIpc) is 2.07. The van der Waals surface area contributed by atoms with Crippen LogP contribution in [0, 0.1) is 0 Å². The van der Waals surface area contributed by atoms with Gasteiger partial charge in [0.05, 0.1) is 0 Å². The van der Waals surface area contributed by atoms with Crippen LogP contribution in [0.25, 0.3) is 0 Å². The molecular weight excluding hydrogens is 263 g/mol. The predicted octanol–water partition coefficient (Wildman–Crippen LogP) is 2.50. The van der Waals surface area contributed by atoms with Gasteiger partial charge in [-0.05, 0) is 23.7 Å². The first-order valence-corrected chi connectivity index (χ1v) is 4.91. The first-order chi connectivity index (χ1) is 6.39. The van der Waals surface area contributed by atoms with Crippen molar-refractivity contribution in [3.8, 4) is 0 Å². The van der Waals surface area contributed by atoms with Crippen LogP contribution in [-0.2, 0) is 4.79 Å². The Morgan fingerprint density at radius 2 is 2.21 bits per heavy atom. The summed E-state index contributed by atoms with van der Waals surface area (Å²) in [6, 6.07) is -0.398. The van der Waals surface area contributed by atoms with Crippen molar-refractivity contribution >= 4 is 21.8 Å². The number of halogens is 4. The molecule has 2 nitrogen and oxygen atoms in total. The van der Waals surface area contributed by atoms with Gasteiger partial charge in [0.25, 0.3) is 0 Å². The molecular formula is C8H9BrF3NO. The molecule has 0 saturated heterocycles. The molecule has 0 fully saturated rings. The van der Waals surface area contributed by atoms with Crippen LogP contribution in [0.3, 0.4) is 0 Å². The van der Waals surface area contributed by atoms with E-state index in [1.807, 2.05) is 5.32 Å².